The summed E-state index contributed by atoms with van der Waals surface area (Å²) in [5, 5.41) is -0.175. The Kier molecular flexibility index (Phi) is 4.13. The van der Waals surface area contributed by atoms with E-state index in [1.165, 1.54) is 4.90 Å². The van der Waals surface area contributed by atoms with Crippen LogP contribution in [0.3, 0.4) is 0 Å². The number of hydrogen-bond donors (Lipinski definition) is 1. The first-order valence-electron chi connectivity index (χ1n) is 6.41. The van der Waals surface area contributed by atoms with Gasteiger partial charge in [-0.2, -0.15) is 0 Å². The van der Waals surface area contributed by atoms with Gasteiger partial charge in [0.2, 0.25) is 5.91 Å². The predicted molar refractivity (Wildman–Crippen MR) is 75.8 cm³/mol. The molecule has 0 aliphatic carbocycles. The summed E-state index contributed by atoms with van der Waals surface area (Å²) in [6.45, 7) is 5.67. The molecule has 0 bridgehead atoms. The third-order valence-electron chi connectivity index (χ3n) is 3.00. The van der Waals surface area contributed by atoms with Crippen LogP contribution in [0.2, 0.25) is 0 Å². The number of carbonyl (C=O) groups excluding carboxylic acids is 2. The molecule has 1 saturated heterocycles. The SMILES string of the molecule is COCC1=C(C(=O)OC(C)(C)C)N2C(=O)C(N)[C@@H]2SC1. The molecule has 2 N–H and O–H groups in total. The van der Waals surface area contributed by atoms with E-state index in [4.69, 9.17) is 15.2 Å². The largest absolute Gasteiger partial charge is 0.455 e. The molecule has 7 heteroatoms. The van der Waals surface area contributed by atoms with Crippen LogP contribution < -0.4 is 5.73 Å². The van der Waals surface area contributed by atoms with Gasteiger partial charge in [0.05, 0.1) is 6.61 Å². The van der Waals surface area contributed by atoms with Crippen LogP contribution in [0, 0.1) is 0 Å². The lowest BCUT2D eigenvalue weighted by molar-refractivity contribution is -0.158. The van der Waals surface area contributed by atoms with Crippen molar-refractivity contribution in [1.82, 2.24) is 4.90 Å². The van der Waals surface area contributed by atoms with Gasteiger partial charge in [0.1, 0.15) is 22.7 Å². The zero-order valence-corrected chi connectivity index (χ0v) is 13.0. The summed E-state index contributed by atoms with van der Waals surface area (Å²) in [5.41, 5.74) is 6.22. The molecule has 0 saturated carbocycles. The fourth-order valence-corrected chi connectivity index (χ4v) is 3.45. The number of esters is 1. The lowest BCUT2D eigenvalue weighted by Crippen LogP contribution is -2.68. The summed E-state index contributed by atoms with van der Waals surface area (Å²) in [5.74, 6) is -0.114. The summed E-state index contributed by atoms with van der Waals surface area (Å²) in [6, 6.07) is -0.540. The van der Waals surface area contributed by atoms with Crippen LogP contribution in [0.5, 0.6) is 0 Å². The summed E-state index contributed by atoms with van der Waals surface area (Å²) in [4.78, 5) is 25.7. The topological polar surface area (TPSA) is 81.9 Å². The summed E-state index contributed by atoms with van der Waals surface area (Å²) in [6.07, 6.45) is 0. The maximum absolute atomic E-state index is 12.4. The van der Waals surface area contributed by atoms with E-state index in [0.29, 0.717) is 18.1 Å². The molecule has 2 atom stereocenters. The first-order chi connectivity index (χ1) is 9.26. The van der Waals surface area contributed by atoms with Crippen LogP contribution in [-0.4, -0.2) is 53.3 Å². The number of carbonyl (C=O) groups is 2. The third-order valence-corrected chi connectivity index (χ3v) is 4.36. The molecular formula is C13H20N2O4S. The fourth-order valence-electron chi connectivity index (χ4n) is 2.18. The number of β-lactam (4-membered cyclic amide) rings is 1. The molecule has 1 unspecified atom stereocenters. The normalized spacial score (nSPS) is 26.2. The Hall–Kier alpha value is -1.05. The summed E-state index contributed by atoms with van der Waals surface area (Å²) < 4.78 is 10.5. The number of ether oxygens (including phenoxy) is 2. The molecular weight excluding hydrogens is 280 g/mol. The second-order valence-corrected chi connectivity index (χ2v) is 6.93. The Morgan fingerprint density at radius 2 is 2.15 bits per heavy atom. The van der Waals surface area contributed by atoms with E-state index in [9.17, 15) is 9.59 Å². The molecule has 0 spiro atoms. The van der Waals surface area contributed by atoms with Crippen LogP contribution in [0.4, 0.5) is 0 Å². The van der Waals surface area contributed by atoms with E-state index in [1.54, 1.807) is 39.6 Å². The van der Waals surface area contributed by atoms with Gasteiger partial charge >= 0.3 is 5.97 Å². The maximum Gasteiger partial charge on any atom is 0.355 e. The van der Waals surface area contributed by atoms with Crippen LogP contribution >= 0.6 is 11.8 Å². The number of fused-ring (bicyclic) bond motifs is 1. The average molecular weight is 300 g/mol. The van der Waals surface area contributed by atoms with Gasteiger partial charge < -0.3 is 15.2 Å². The van der Waals surface area contributed by atoms with Crippen LogP contribution in [0.1, 0.15) is 20.8 Å². The molecule has 112 valence electrons. The summed E-state index contributed by atoms with van der Waals surface area (Å²) in [7, 11) is 1.56. The minimum atomic E-state index is -0.613. The van der Waals surface area contributed by atoms with Crippen LogP contribution in [0.15, 0.2) is 11.3 Å². The van der Waals surface area contributed by atoms with Crippen molar-refractivity contribution in [2.24, 2.45) is 5.73 Å². The zero-order chi connectivity index (χ0) is 15.1. The van der Waals surface area contributed by atoms with Gasteiger partial charge in [-0.15, -0.1) is 11.8 Å². The van der Waals surface area contributed by atoms with Gasteiger partial charge in [-0.1, -0.05) is 0 Å². The molecule has 1 fully saturated rings. The molecule has 2 aliphatic rings. The quantitative estimate of drug-likeness (QED) is 0.603. The van der Waals surface area contributed by atoms with Crippen LogP contribution in [-0.2, 0) is 19.1 Å². The van der Waals surface area contributed by atoms with Gasteiger partial charge in [0, 0.05) is 12.9 Å². The number of nitrogens with zero attached hydrogens (tertiary/aromatic N) is 1. The molecule has 20 heavy (non-hydrogen) atoms. The first-order valence-corrected chi connectivity index (χ1v) is 7.45. The number of hydrogen-bond acceptors (Lipinski definition) is 6. The van der Waals surface area contributed by atoms with Crippen molar-refractivity contribution in [3.8, 4) is 0 Å². The fraction of sp³-hybridized carbons (Fsp3) is 0.692. The Morgan fingerprint density at radius 3 is 2.70 bits per heavy atom. The number of amides is 1. The monoisotopic (exact) mass is 300 g/mol. The lowest BCUT2D eigenvalue weighted by atomic mass is 10.0. The van der Waals surface area contributed by atoms with Gasteiger partial charge in [-0.25, -0.2) is 4.79 Å². The van der Waals surface area contributed by atoms with E-state index in [2.05, 4.69) is 0 Å². The molecule has 1 amide bonds. The van der Waals surface area contributed by atoms with Crippen molar-refractivity contribution in [3.05, 3.63) is 11.3 Å². The predicted octanol–water partition coefficient (Wildman–Crippen LogP) is 0.471. The molecule has 6 nitrogen and oxygen atoms in total. The van der Waals surface area contributed by atoms with E-state index in [0.717, 1.165) is 5.57 Å². The van der Waals surface area contributed by atoms with Gasteiger partial charge in [-0.05, 0) is 26.3 Å². The Balaban J connectivity index is 2.31. The van der Waals surface area contributed by atoms with Crippen molar-refractivity contribution < 1.29 is 19.1 Å². The maximum atomic E-state index is 12.4. The molecule has 2 rings (SSSR count). The lowest BCUT2D eigenvalue weighted by Gasteiger charge is -2.48. The van der Waals surface area contributed by atoms with Gasteiger partial charge in [0.25, 0.3) is 0 Å². The van der Waals surface area contributed by atoms with Crippen molar-refractivity contribution in [2.75, 3.05) is 19.5 Å². The number of thioether (sulfide) groups is 1. The number of nitrogens with two attached hydrogens (primary N) is 1. The van der Waals surface area contributed by atoms with Crippen molar-refractivity contribution in [1.29, 1.82) is 0 Å². The number of rotatable bonds is 3. The first kappa shape index (κ1) is 15.3. The van der Waals surface area contributed by atoms with E-state index >= 15 is 0 Å². The second kappa shape index (κ2) is 5.38. The average Bonchev–Trinajstić information content (AvgIpc) is 2.35. The van der Waals surface area contributed by atoms with E-state index in [1.807, 2.05) is 0 Å². The van der Waals surface area contributed by atoms with Gasteiger partial charge in [0.15, 0.2) is 0 Å². The molecule has 2 aliphatic heterocycles. The van der Waals surface area contributed by atoms with Crippen LogP contribution in [0.25, 0.3) is 0 Å². The van der Waals surface area contributed by atoms with E-state index < -0.39 is 17.6 Å². The molecule has 0 radical (unpaired) electrons. The minimum absolute atomic E-state index is 0.175. The van der Waals surface area contributed by atoms with Crippen molar-refractivity contribution >= 4 is 23.6 Å². The highest BCUT2D eigenvalue weighted by Crippen LogP contribution is 2.40. The highest BCUT2D eigenvalue weighted by atomic mass is 32.2. The van der Waals surface area contributed by atoms with Crippen molar-refractivity contribution in [2.45, 2.75) is 37.8 Å². The highest BCUT2D eigenvalue weighted by molar-refractivity contribution is 8.00. The number of methoxy groups -OCH3 is 1. The highest BCUT2D eigenvalue weighted by Gasteiger charge is 2.52. The van der Waals surface area contributed by atoms with Crippen molar-refractivity contribution in [3.63, 3.8) is 0 Å². The molecule has 0 aromatic carbocycles. The molecule has 0 aromatic heterocycles. The van der Waals surface area contributed by atoms with E-state index in [-0.39, 0.29) is 11.3 Å². The Bertz CT molecular complexity index is 469. The van der Waals surface area contributed by atoms with Gasteiger partial charge in [-0.3, -0.25) is 9.69 Å². The Morgan fingerprint density at radius 1 is 1.50 bits per heavy atom. The summed E-state index contributed by atoms with van der Waals surface area (Å²) >= 11 is 1.55. The molecule has 2 heterocycles. The minimum Gasteiger partial charge on any atom is -0.455 e. The smallest absolute Gasteiger partial charge is 0.355 e. The molecule has 0 aromatic rings. The third kappa shape index (κ3) is 2.70. The Labute approximate surface area is 122 Å². The second-order valence-electron chi connectivity index (χ2n) is 5.82. The standard InChI is InChI=1S/C13H20N2O4S/c1-13(2,3)19-12(17)9-7(5-18-4)6-20-11-8(14)10(16)15(9)11/h8,11H,5-6,14H2,1-4H3/t8?,11-/m0/s1. The zero-order valence-electron chi connectivity index (χ0n) is 12.1.